The minimum Gasteiger partial charge on any atom is -0.494 e. The Labute approximate surface area is 154 Å². The highest BCUT2D eigenvalue weighted by Crippen LogP contribution is 2.36. The molecule has 1 atom stereocenters. The number of aromatic nitrogens is 2. The molecule has 1 saturated heterocycles. The number of benzene rings is 1. The van der Waals surface area contributed by atoms with Crippen LogP contribution in [-0.2, 0) is 0 Å². The molecule has 1 aliphatic heterocycles. The molecule has 2 aromatic heterocycles. The largest absolute Gasteiger partial charge is 0.494 e. The molecule has 1 aromatic carbocycles. The van der Waals surface area contributed by atoms with E-state index in [0.717, 1.165) is 36.7 Å². The maximum Gasteiger partial charge on any atom is 0.145 e. The van der Waals surface area contributed by atoms with Crippen LogP contribution in [0.3, 0.4) is 0 Å². The molecule has 5 nitrogen and oxygen atoms in total. The molecule has 0 spiro atoms. The fourth-order valence-corrected chi connectivity index (χ4v) is 3.78. The zero-order chi connectivity index (χ0) is 17.9. The van der Waals surface area contributed by atoms with Crippen LogP contribution in [0.2, 0.25) is 0 Å². The van der Waals surface area contributed by atoms with Gasteiger partial charge in [-0.3, -0.25) is 4.98 Å². The Kier molecular flexibility index (Phi) is 4.61. The van der Waals surface area contributed by atoms with Gasteiger partial charge in [-0.15, -0.1) is 0 Å². The fraction of sp³-hybridized carbons (Fsp3) is 0.333. The predicted octanol–water partition coefficient (Wildman–Crippen LogP) is 3.89. The summed E-state index contributed by atoms with van der Waals surface area (Å²) in [5, 5.41) is 4.63. The van der Waals surface area contributed by atoms with Crippen molar-refractivity contribution < 1.29 is 4.74 Å². The molecule has 0 saturated carbocycles. The van der Waals surface area contributed by atoms with Crippen molar-refractivity contribution in [3.63, 3.8) is 0 Å². The Balaban J connectivity index is 1.54. The van der Waals surface area contributed by atoms with Crippen LogP contribution in [0.25, 0.3) is 10.9 Å². The van der Waals surface area contributed by atoms with E-state index in [-0.39, 0.29) is 0 Å². The molecular formula is C21H24N4O. The van der Waals surface area contributed by atoms with E-state index in [1.54, 1.807) is 7.11 Å². The molecule has 1 fully saturated rings. The first kappa shape index (κ1) is 16.6. The van der Waals surface area contributed by atoms with E-state index in [1.165, 1.54) is 23.1 Å². The summed E-state index contributed by atoms with van der Waals surface area (Å²) in [5.74, 6) is 2.38. The van der Waals surface area contributed by atoms with Crippen LogP contribution in [0.4, 0.5) is 11.5 Å². The number of methoxy groups -OCH3 is 1. The molecule has 5 heteroatoms. The lowest BCUT2D eigenvalue weighted by Gasteiger charge is -2.23. The average molecular weight is 348 g/mol. The average Bonchev–Trinajstić information content (AvgIpc) is 3.15. The van der Waals surface area contributed by atoms with E-state index in [1.807, 2.05) is 42.7 Å². The summed E-state index contributed by atoms with van der Waals surface area (Å²) in [6.07, 6.45) is 4.95. The molecule has 1 aliphatic rings. The zero-order valence-corrected chi connectivity index (χ0v) is 15.3. The van der Waals surface area contributed by atoms with Gasteiger partial charge in [0, 0.05) is 37.4 Å². The van der Waals surface area contributed by atoms with Crippen molar-refractivity contribution in [2.45, 2.75) is 13.3 Å². The SMILES string of the molecule is COc1cccc2c(N3CCC(CNc4ccccn4)C3)c(C)cnc12. The van der Waals surface area contributed by atoms with Crippen molar-refractivity contribution in [2.24, 2.45) is 5.92 Å². The van der Waals surface area contributed by atoms with Crippen molar-refractivity contribution in [1.82, 2.24) is 9.97 Å². The van der Waals surface area contributed by atoms with E-state index < -0.39 is 0 Å². The summed E-state index contributed by atoms with van der Waals surface area (Å²) < 4.78 is 5.50. The first-order valence-electron chi connectivity index (χ1n) is 9.08. The van der Waals surface area contributed by atoms with Gasteiger partial charge in [0.2, 0.25) is 0 Å². The summed E-state index contributed by atoms with van der Waals surface area (Å²) >= 11 is 0. The number of pyridine rings is 2. The van der Waals surface area contributed by atoms with Crippen molar-refractivity contribution in [3.05, 3.63) is 54.4 Å². The summed E-state index contributed by atoms with van der Waals surface area (Å²) in [6.45, 7) is 5.18. The summed E-state index contributed by atoms with van der Waals surface area (Å²) in [5.41, 5.74) is 3.43. The molecule has 0 bridgehead atoms. The zero-order valence-electron chi connectivity index (χ0n) is 15.3. The summed E-state index contributed by atoms with van der Waals surface area (Å²) in [7, 11) is 1.70. The molecule has 0 radical (unpaired) electrons. The van der Waals surface area contributed by atoms with Gasteiger partial charge in [-0.25, -0.2) is 4.98 Å². The lowest BCUT2D eigenvalue weighted by Crippen LogP contribution is -2.23. The molecule has 4 rings (SSSR count). The molecule has 3 heterocycles. The van der Waals surface area contributed by atoms with E-state index in [0.29, 0.717) is 5.92 Å². The van der Waals surface area contributed by atoms with Crippen molar-refractivity contribution in [2.75, 3.05) is 37.0 Å². The molecule has 1 unspecified atom stereocenters. The molecular weight excluding hydrogens is 324 g/mol. The van der Waals surface area contributed by atoms with E-state index in [4.69, 9.17) is 4.74 Å². The Morgan fingerprint density at radius 3 is 2.92 bits per heavy atom. The number of aryl methyl sites for hydroxylation is 1. The first-order valence-corrected chi connectivity index (χ1v) is 9.08. The standard InChI is InChI=1S/C21H24N4O/c1-15-12-24-20-17(6-5-7-18(20)26-2)21(15)25-11-9-16(14-25)13-23-19-8-3-4-10-22-19/h3-8,10,12,16H,9,11,13-14H2,1-2H3,(H,22,23). The highest BCUT2D eigenvalue weighted by Gasteiger charge is 2.25. The third-order valence-electron chi connectivity index (χ3n) is 5.07. The van der Waals surface area contributed by atoms with Gasteiger partial charge in [-0.2, -0.15) is 0 Å². The van der Waals surface area contributed by atoms with E-state index >= 15 is 0 Å². The Hall–Kier alpha value is -2.82. The van der Waals surface area contributed by atoms with E-state index in [2.05, 4.69) is 33.2 Å². The Morgan fingerprint density at radius 2 is 2.12 bits per heavy atom. The van der Waals surface area contributed by atoms with Crippen LogP contribution < -0.4 is 15.0 Å². The number of hydrogen-bond donors (Lipinski definition) is 1. The van der Waals surface area contributed by atoms with Crippen LogP contribution in [0.5, 0.6) is 5.75 Å². The molecule has 134 valence electrons. The highest BCUT2D eigenvalue weighted by molar-refractivity contribution is 5.96. The number of ether oxygens (including phenoxy) is 1. The predicted molar refractivity (Wildman–Crippen MR) is 106 cm³/mol. The van der Waals surface area contributed by atoms with Crippen molar-refractivity contribution in [1.29, 1.82) is 0 Å². The Morgan fingerprint density at radius 1 is 1.19 bits per heavy atom. The molecule has 3 aromatic rings. The quantitative estimate of drug-likeness (QED) is 0.758. The smallest absolute Gasteiger partial charge is 0.145 e. The Bertz CT molecular complexity index is 897. The second-order valence-electron chi connectivity index (χ2n) is 6.84. The van der Waals surface area contributed by atoms with Crippen LogP contribution in [0, 0.1) is 12.8 Å². The number of rotatable bonds is 5. The number of anilines is 2. The summed E-state index contributed by atoms with van der Waals surface area (Å²) in [6, 6.07) is 12.1. The number of nitrogens with zero attached hydrogens (tertiary/aromatic N) is 3. The maximum absolute atomic E-state index is 5.50. The lowest BCUT2D eigenvalue weighted by molar-refractivity contribution is 0.419. The van der Waals surface area contributed by atoms with Gasteiger partial charge in [-0.05, 0) is 43.0 Å². The molecule has 26 heavy (non-hydrogen) atoms. The van der Waals surface area contributed by atoms with E-state index in [9.17, 15) is 0 Å². The van der Waals surface area contributed by atoms with Gasteiger partial charge in [0.15, 0.2) is 0 Å². The van der Waals surface area contributed by atoms with Gasteiger partial charge in [-0.1, -0.05) is 18.2 Å². The number of para-hydroxylation sites is 1. The van der Waals surface area contributed by atoms with Gasteiger partial charge < -0.3 is 15.0 Å². The second kappa shape index (κ2) is 7.20. The third-order valence-corrected chi connectivity index (χ3v) is 5.07. The monoisotopic (exact) mass is 348 g/mol. The lowest BCUT2D eigenvalue weighted by atomic mass is 10.1. The van der Waals surface area contributed by atoms with Gasteiger partial charge in [0.1, 0.15) is 17.1 Å². The van der Waals surface area contributed by atoms with Crippen LogP contribution >= 0.6 is 0 Å². The third kappa shape index (κ3) is 3.17. The number of nitrogens with one attached hydrogen (secondary N) is 1. The van der Waals surface area contributed by atoms with Crippen molar-refractivity contribution in [3.8, 4) is 5.75 Å². The number of hydrogen-bond acceptors (Lipinski definition) is 5. The van der Waals surface area contributed by atoms with Gasteiger partial charge in [0.05, 0.1) is 12.8 Å². The summed E-state index contributed by atoms with van der Waals surface area (Å²) in [4.78, 5) is 11.4. The van der Waals surface area contributed by atoms with Gasteiger partial charge in [0.25, 0.3) is 0 Å². The second-order valence-corrected chi connectivity index (χ2v) is 6.84. The fourth-order valence-electron chi connectivity index (χ4n) is 3.78. The number of fused-ring (bicyclic) bond motifs is 1. The van der Waals surface area contributed by atoms with Crippen LogP contribution in [0.1, 0.15) is 12.0 Å². The highest BCUT2D eigenvalue weighted by atomic mass is 16.5. The van der Waals surface area contributed by atoms with Crippen LogP contribution in [0.15, 0.2) is 48.8 Å². The minimum atomic E-state index is 0.602. The van der Waals surface area contributed by atoms with Crippen molar-refractivity contribution >= 4 is 22.4 Å². The molecule has 0 amide bonds. The maximum atomic E-state index is 5.50. The van der Waals surface area contributed by atoms with Crippen LogP contribution in [-0.4, -0.2) is 36.7 Å². The first-order chi connectivity index (χ1) is 12.8. The normalized spacial score (nSPS) is 16.8. The molecule has 0 aliphatic carbocycles. The topological polar surface area (TPSA) is 50.3 Å². The van der Waals surface area contributed by atoms with Gasteiger partial charge >= 0.3 is 0 Å². The molecule has 1 N–H and O–H groups in total. The minimum absolute atomic E-state index is 0.602.